The molecule has 4 saturated heterocycles. The van der Waals surface area contributed by atoms with Gasteiger partial charge in [0.05, 0.1) is 36.3 Å². The van der Waals surface area contributed by atoms with Crippen molar-refractivity contribution >= 4 is 23.2 Å². The Labute approximate surface area is 240 Å². The summed E-state index contributed by atoms with van der Waals surface area (Å²) in [6, 6.07) is 11.4. The van der Waals surface area contributed by atoms with Crippen molar-refractivity contribution in [3.8, 4) is 11.1 Å². The Kier molecular flexibility index (Phi) is 5.88. The molecule has 1 amide bonds. The molecule has 0 saturated carbocycles. The number of piperazine rings is 3. The molecule has 2 bridgehead atoms. The van der Waals surface area contributed by atoms with Crippen molar-refractivity contribution in [2.24, 2.45) is 11.8 Å². The van der Waals surface area contributed by atoms with Crippen molar-refractivity contribution in [1.82, 2.24) is 4.90 Å². The molecule has 4 atom stereocenters. The number of rotatable bonds is 7. The topological polar surface area (TPSA) is 97.7 Å². The Morgan fingerprint density at radius 2 is 1.63 bits per heavy atom. The minimum absolute atomic E-state index is 0.0597. The first-order chi connectivity index (χ1) is 19.6. The van der Waals surface area contributed by atoms with E-state index < -0.39 is 29.9 Å². The Bertz CT molecular complexity index is 1520. The van der Waals surface area contributed by atoms with Gasteiger partial charge in [-0.15, -0.1) is 0 Å². The number of nitrogens with zero attached hydrogens (tertiary/aromatic N) is 3. The highest BCUT2D eigenvalue weighted by Gasteiger charge is 2.58. The van der Waals surface area contributed by atoms with Gasteiger partial charge in [-0.25, -0.2) is 0 Å². The van der Waals surface area contributed by atoms with Crippen LogP contribution in [0.5, 0.6) is 0 Å². The molecule has 0 radical (unpaired) electrons. The second kappa shape index (κ2) is 9.08. The van der Waals surface area contributed by atoms with Gasteiger partial charge in [0, 0.05) is 22.6 Å². The lowest BCUT2D eigenvalue weighted by Crippen LogP contribution is -2.74. The first kappa shape index (κ1) is 26.6. The zero-order valence-electron chi connectivity index (χ0n) is 24.1. The third-order valence-electron chi connectivity index (χ3n) is 10.9. The Morgan fingerprint density at radius 3 is 2.27 bits per heavy atom. The maximum absolute atomic E-state index is 13.6. The largest absolute Gasteiger partial charge is 0.543 e. The number of aliphatic hydroxyl groups is 1. The normalized spacial score (nSPS) is 32.1. The summed E-state index contributed by atoms with van der Waals surface area (Å²) in [4.78, 5) is 39.8. The minimum atomic E-state index is -1.42. The van der Waals surface area contributed by atoms with Crippen LogP contribution in [0.25, 0.3) is 16.7 Å². The monoisotopic (exact) mass is 556 g/mol. The van der Waals surface area contributed by atoms with Gasteiger partial charge in [-0.2, -0.15) is 0 Å². The second-order valence-electron chi connectivity index (χ2n) is 13.2. The predicted molar refractivity (Wildman–Crippen MR) is 151 cm³/mol. The number of β-lactam (4-membered cyclic amide) rings is 1. The quantitative estimate of drug-likeness (QED) is 0.354. The Balaban J connectivity index is 1.19. The van der Waals surface area contributed by atoms with Gasteiger partial charge in [-0.05, 0) is 53.8 Å². The predicted octanol–water partition coefficient (Wildman–Crippen LogP) is 1.79. The molecule has 5 aliphatic heterocycles. The molecular formula is C33H38N3O5+. The van der Waals surface area contributed by atoms with E-state index in [1.165, 1.54) is 67.2 Å². The smallest absolute Gasteiger partial charge is 0.235 e. The molecule has 2 aromatic rings. The first-order valence-corrected chi connectivity index (χ1v) is 15.1. The summed E-state index contributed by atoms with van der Waals surface area (Å²) < 4.78 is 2.41. The SMILES string of the molecule is CCC[N+]12CC[N+](Cc3ccc4c(c3)-c3ccc(C5=C(C(=O)[O-])N6C(=O)[C@H]([C@@H](C)O)[C@H]6[C@H]5C)cc3C4=O)(CC1)CC2. The summed E-state index contributed by atoms with van der Waals surface area (Å²) >= 11 is 0. The van der Waals surface area contributed by atoms with E-state index in [0.29, 0.717) is 22.3 Å². The zero-order valence-corrected chi connectivity index (χ0v) is 24.1. The van der Waals surface area contributed by atoms with Crippen LogP contribution in [0, 0.1) is 11.8 Å². The molecule has 2 aromatic carbocycles. The molecule has 8 heteroatoms. The number of carbonyl (C=O) groups is 3. The number of fused-ring (bicyclic) bond motifs is 7. The van der Waals surface area contributed by atoms with E-state index in [4.69, 9.17) is 0 Å². The number of ketones is 1. The van der Waals surface area contributed by atoms with Crippen LogP contribution in [0.15, 0.2) is 42.1 Å². The Morgan fingerprint density at radius 1 is 0.976 bits per heavy atom. The molecule has 0 unspecified atom stereocenters. The fourth-order valence-corrected chi connectivity index (χ4v) is 8.71. The average molecular weight is 557 g/mol. The summed E-state index contributed by atoms with van der Waals surface area (Å²) in [6.07, 6.45) is 0.362. The number of amides is 1. The molecule has 6 aliphatic rings. The lowest BCUT2D eigenvalue weighted by molar-refractivity contribution is -1.09. The molecule has 0 spiro atoms. The minimum Gasteiger partial charge on any atom is -0.543 e. The third kappa shape index (κ3) is 3.73. The maximum Gasteiger partial charge on any atom is 0.235 e. The number of hydrogen-bond donors (Lipinski definition) is 1. The average Bonchev–Trinajstić information content (AvgIpc) is 3.37. The van der Waals surface area contributed by atoms with E-state index in [-0.39, 0.29) is 17.4 Å². The zero-order chi connectivity index (χ0) is 28.8. The van der Waals surface area contributed by atoms with Crippen LogP contribution >= 0.6 is 0 Å². The number of carbonyl (C=O) groups excluding carboxylic acids is 3. The fourth-order valence-electron chi connectivity index (χ4n) is 8.71. The van der Waals surface area contributed by atoms with E-state index in [9.17, 15) is 24.6 Å². The molecule has 4 fully saturated rings. The van der Waals surface area contributed by atoms with Gasteiger partial charge >= 0.3 is 0 Å². The first-order valence-electron chi connectivity index (χ1n) is 15.1. The fraction of sp³-hybridized carbons (Fsp3) is 0.485. The molecule has 5 heterocycles. The van der Waals surface area contributed by atoms with Gasteiger partial charge < -0.3 is 28.9 Å². The molecule has 1 N–H and O–H groups in total. The Hall–Kier alpha value is -3.33. The highest BCUT2D eigenvalue weighted by molar-refractivity contribution is 6.22. The molecule has 214 valence electrons. The van der Waals surface area contributed by atoms with Crippen molar-refractivity contribution in [2.75, 3.05) is 45.8 Å². The van der Waals surface area contributed by atoms with E-state index in [1.54, 1.807) is 13.0 Å². The highest BCUT2D eigenvalue weighted by Crippen LogP contribution is 2.51. The van der Waals surface area contributed by atoms with Crippen LogP contribution in [-0.2, 0) is 16.1 Å². The van der Waals surface area contributed by atoms with Gasteiger partial charge in [0.15, 0.2) is 5.78 Å². The summed E-state index contributed by atoms with van der Waals surface area (Å²) in [5.74, 6) is -2.84. The maximum atomic E-state index is 13.6. The van der Waals surface area contributed by atoms with Gasteiger partial charge in [-0.3, -0.25) is 9.59 Å². The molecule has 1 aliphatic carbocycles. The molecule has 0 aromatic heterocycles. The van der Waals surface area contributed by atoms with Gasteiger partial charge in [0.25, 0.3) is 0 Å². The second-order valence-corrected chi connectivity index (χ2v) is 13.2. The number of aliphatic hydroxyl groups excluding tert-OH is 1. The van der Waals surface area contributed by atoms with Crippen LogP contribution in [0.4, 0.5) is 0 Å². The summed E-state index contributed by atoms with van der Waals surface area (Å²) in [5, 5.41) is 22.4. The van der Waals surface area contributed by atoms with Crippen LogP contribution in [0.2, 0.25) is 0 Å². The summed E-state index contributed by atoms with van der Waals surface area (Å²) in [7, 11) is 0. The molecule has 8 rings (SSSR count). The number of carboxylic acids is 1. The number of carboxylic acid groups (broad SMARTS) is 1. The van der Waals surface area contributed by atoms with Crippen LogP contribution in [0.3, 0.4) is 0 Å². The number of quaternary nitrogens is 2. The molecular weight excluding hydrogens is 518 g/mol. The summed E-state index contributed by atoms with van der Waals surface area (Å²) in [5.41, 5.74) is 5.26. The van der Waals surface area contributed by atoms with E-state index in [0.717, 1.165) is 22.2 Å². The lowest BCUT2D eigenvalue weighted by Gasteiger charge is -2.55. The van der Waals surface area contributed by atoms with Gasteiger partial charge in [0.1, 0.15) is 45.8 Å². The highest BCUT2D eigenvalue weighted by atomic mass is 16.4. The summed E-state index contributed by atoms with van der Waals surface area (Å²) in [6.45, 7) is 15.4. The van der Waals surface area contributed by atoms with Crippen LogP contribution in [0.1, 0.15) is 54.2 Å². The van der Waals surface area contributed by atoms with Gasteiger partial charge in [0.2, 0.25) is 5.91 Å². The van der Waals surface area contributed by atoms with Crippen molar-refractivity contribution in [3.63, 3.8) is 0 Å². The van der Waals surface area contributed by atoms with Crippen molar-refractivity contribution in [2.45, 2.75) is 45.9 Å². The van der Waals surface area contributed by atoms with E-state index in [2.05, 4.69) is 19.1 Å². The number of benzene rings is 2. The number of hydrogen-bond acceptors (Lipinski definition) is 5. The third-order valence-corrected chi connectivity index (χ3v) is 10.9. The van der Waals surface area contributed by atoms with Crippen LogP contribution < -0.4 is 5.11 Å². The standard InChI is InChI=1S/C33H38N3O5/c1-4-9-35-10-13-36(14-11-35,15-12-35)18-21-5-7-24-25(16-21)23-8-6-22(17-26(23)31(24)38)27-19(2)29-28(20(3)37)32(39)34(29)30(27)33(40)41/h5-8,16-17,19-20,28-29,37H,4,9-15,18H2,1-3H3/q+1/t19-,20+,28+,29+,35?,36?/m0/s1. The van der Waals surface area contributed by atoms with Crippen molar-refractivity contribution in [3.05, 3.63) is 64.3 Å². The van der Waals surface area contributed by atoms with Crippen molar-refractivity contribution in [1.29, 1.82) is 0 Å². The van der Waals surface area contributed by atoms with Gasteiger partial charge in [-0.1, -0.05) is 32.0 Å². The van der Waals surface area contributed by atoms with E-state index in [1.807, 2.05) is 25.1 Å². The lowest BCUT2D eigenvalue weighted by atomic mass is 9.76. The molecule has 8 nitrogen and oxygen atoms in total. The molecule has 41 heavy (non-hydrogen) atoms. The van der Waals surface area contributed by atoms with Crippen LogP contribution in [-0.4, -0.2) is 94.6 Å². The van der Waals surface area contributed by atoms with E-state index >= 15 is 0 Å². The van der Waals surface area contributed by atoms with Crippen molar-refractivity contribution < 1.29 is 33.6 Å². The number of aliphatic carboxylic acids is 1.